The minimum Gasteiger partial charge on any atom is -0.444 e. The van der Waals surface area contributed by atoms with Crippen LogP contribution in [-0.4, -0.2) is 41.5 Å². The second-order valence-electron chi connectivity index (χ2n) is 8.87. The van der Waals surface area contributed by atoms with E-state index in [1.54, 1.807) is 57.2 Å². The van der Waals surface area contributed by atoms with Gasteiger partial charge in [-0.2, -0.15) is 0 Å². The number of anilines is 1. The third-order valence-corrected chi connectivity index (χ3v) is 5.28. The van der Waals surface area contributed by atoms with Gasteiger partial charge in [0, 0.05) is 12.6 Å². The third kappa shape index (κ3) is 6.75. The van der Waals surface area contributed by atoms with Crippen LogP contribution in [0.15, 0.2) is 42.5 Å². The molecule has 0 radical (unpaired) electrons. The summed E-state index contributed by atoms with van der Waals surface area (Å²) in [6.07, 6.45) is 4.93. The molecule has 0 heterocycles. The number of halogens is 1. The van der Waals surface area contributed by atoms with Crippen molar-refractivity contribution in [3.05, 3.63) is 64.2 Å². The second-order valence-corrected chi connectivity index (χ2v) is 9.28. The molecule has 0 spiro atoms. The summed E-state index contributed by atoms with van der Waals surface area (Å²) in [6, 6.07) is 10.1. The summed E-state index contributed by atoms with van der Waals surface area (Å²) in [5.74, 6) is 1.56. The number of amides is 3. The molecule has 0 saturated heterocycles. The molecule has 0 saturated carbocycles. The molecule has 2 atom stereocenters. The number of carbonyl (C=O) groups excluding carboxylic acids is 3. The Bertz CT molecular complexity index is 1100. The molecule has 2 unspecified atom stereocenters. The predicted molar refractivity (Wildman–Crippen MR) is 134 cm³/mol. The van der Waals surface area contributed by atoms with E-state index in [9.17, 15) is 14.4 Å². The molecule has 0 aromatic heterocycles. The summed E-state index contributed by atoms with van der Waals surface area (Å²) < 4.78 is 5.23. The Labute approximate surface area is 205 Å². The van der Waals surface area contributed by atoms with Gasteiger partial charge in [-0.3, -0.25) is 9.59 Å². The highest BCUT2D eigenvalue weighted by atomic mass is 35.5. The number of hydrogen-bond acceptors (Lipinski definition) is 4. The van der Waals surface area contributed by atoms with E-state index in [0.29, 0.717) is 21.8 Å². The molecular weight excluding hydrogens is 454 g/mol. The summed E-state index contributed by atoms with van der Waals surface area (Å²) in [7, 11) is 1.48. The molecule has 8 heteroatoms. The molecule has 2 N–H and O–H groups in total. The lowest BCUT2D eigenvalue weighted by atomic mass is 9.98. The summed E-state index contributed by atoms with van der Waals surface area (Å²) in [5, 5.41) is 5.71. The maximum Gasteiger partial charge on any atom is 0.408 e. The Morgan fingerprint density at radius 3 is 2.35 bits per heavy atom. The molecule has 180 valence electrons. The van der Waals surface area contributed by atoms with E-state index in [-0.39, 0.29) is 0 Å². The van der Waals surface area contributed by atoms with Crippen LogP contribution in [0.3, 0.4) is 0 Å². The van der Waals surface area contributed by atoms with Crippen LogP contribution in [-0.2, 0) is 14.3 Å². The highest BCUT2D eigenvalue weighted by Crippen LogP contribution is 2.29. The van der Waals surface area contributed by atoms with Crippen molar-refractivity contribution in [1.29, 1.82) is 0 Å². The van der Waals surface area contributed by atoms with Gasteiger partial charge in [-0.1, -0.05) is 47.9 Å². The lowest BCUT2D eigenvalue weighted by molar-refractivity contribution is -0.138. The number of nitrogens with zero attached hydrogens (tertiary/aromatic N) is 1. The number of terminal acetylenes is 1. The number of ether oxygens (including phenoxy) is 1. The van der Waals surface area contributed by atoms with Crippen LogP contribution in [0.4, 0.5) is 10.5 Å². The van der Waals surface area contributed by atoms with Crippen LogP contribution in [0, 0.1) is 19.3 Å². The van der Waals surface area contributed by atoms with Gasteiger partial charge in [0.1, 0.15) is 17.7 Å². The standard InChI is InChI=1S/C26H30ClN3O4/c1-8-18-13-9-10-14-19(18)22(23(31)29-21-16(2)12-11-15-20(21)27)30(7)24(32)17(3)28-25(33)34-26(4,5)6/h1,9-15,17,22H,2-7H3,(H,28,33)(H,29,31). The van der Waals surface area contributed by atoms with Crippen LogP contribution in [0.2, 0.25) is 5.02 Å². The molecule has 2 aromatic carbocycles. The fourth-order valence-corrected chi connectivity index (χ4v) is 3.62. The highest BCUT2D eigenvalue weighted by molar-refractivity contribution is 6.34. The number of hydrogen-bond donors (Lipinski definition) is 2. The van der Waals surface area contributed by atoms with Crippen molar-refractivity contribution in [3.63, 3.8) is 0 Å². The van der Waals surface area contributed by atoms with Gasteiger partial charge in [-0.15, -0.1) is 6.42 Å². The second kappa shape index (κ2) is 11.1. The molecule has 2 rings (SSSR count). The quantitative estimate of drug-likeness (QED) is 0.584. The maximum atomic E-state index is 13.5. The molecule has 0 aliphatic carbocycles. The number of rotatable bonds is 6. The van der Waals surface area contributed by atoms with Crippen LogP contribution in [0.5, 0.6) is 0 Å². The zero-order chi connectivity index (χ0) is 25.6. The molecule has 0 fully saturated rings. The average Bonchev–Trinajstić information content (AvgIpc) is 2.74. The average molecular weight is 484 g/mol. The van der Waals surface area contributed by atoms with E-state index < -0.39 is 35.6 Å². The molecule has 2 aromatic rings. The van der Waals surface area contributed by atoms with Gasteiger partial charge in [-0.05, 0) is 57.9 Å². The minimum atomic E-state index is -1.08. The van der Waals surface area contributed by atoms with Crippen molar-refractivity contribution in [2.24, 2.45) is 0 Å². The van der Waals surface area contributed by atoms with Gasteiger partial charge in [-0.25, -0.2) is 4.79 Å². The van der Waals surface area contributed by atoms with E-state index in [4.69, 9.17) is 22.8 Å². The van der Waals surface area contributed by atoms with Gasteiger partial charge >= 0.3 is 6.09 Å². The van der Waals surface area contributed by atoms with E-state index >= 15 is 0 Å². The summed E-state index contributed by atoms with van der Waals surface area (Å²) >= 11 is 6.30. The van der Waals surface area contributed by atoms with Crippen LogP contribution < -0.4 is 10.6 Å². The number of benzene rings is 2. The molecule has 34 heavy (non-hydrogen) atoms. The first kappa shape index (κ1) is 26.7. The first-order chi connectivity index (χ1) is 15.9. The molecule has 0 aliphatic rings. The smallest absolute Gasteiger partial charge is 0.408 e. The number of alkyl carbamates (subject to hydrolysis) is 1. The summed E-state index contributed by atoms with van der Waals surface area (Å²) in [4.78, 5) is 40.2. The Morgan fingerprint density at radius 2 is 1.76 bits per heavy atom. The zero-order valence-corrected chi connectivity index (χ0v) is 21.0. The lowest BCUT2D eigenvalue weighted by Gasteiger charge is -2.31. The first-order valence-corrected chi connectivity index (χ1v) is 11.1. The van der Waals surface area contributed by atoms with Crippen molar-refractivity contribution in [2.75, 3.05) is 12.4 Å². The molecule has 0 bridgehead atoms. The Balaban J connectivity index is 2.39. The maximum absolute atomic E-state index is 13.5. The minimum absolute atomic E-state index is 0.367. The van der Waals surface area contributed by atoms with Gasteiger partial charge in [0.05, 0.1) is 10.7 Å². The summed E-state index contributed by atoms with van der Waals surface area (Å²) in [5.41, 5.74) is 1.41. The first-order valence-electron chi connectivity index (χ1n) is 10.7. The zero-order valence-electron chi connectivity index (χ0n) is 20.2. The molecule has 7 nitrogen and oxygen atoms in total. The number of likely N-dealkylation sites (N-methyl/N-ethyl adjacent to an activating group) is 1. The largest absolute Gasteiger partial charge is 0.444 e. The van der Waals surface area contributed by atoms with Crippen molar-refractivity contribution < 1.29 is 19.1 Å². The number of para-hydroxylation sites is 1. The summed E-state index contributed by atoms with van der Waals surface area (Å²) in [6.45, 7) is 8.49. The topological polar surface area (TPSA) is 87.7 Å². The Hall–Kier alpha value is -3.50. The highest BCUT2D eigenvalue weighted by Gasteiger charge is 2.33. The third-order valence-electron chi connectivity index (χ3n) is 4.97. The monoisotopic (exact) mass is 483 g/mol. The van der Waals surface area contributed by atoms with E-state index in [2.05, 4.69) is 16.6 Å². The van der Waals surface area contributed by atoms with Gasteiger partial charge in [0.2, 0.25) is 5.91 Å². The number of carbonyl (C=O) groups is 3. The van der Waals surface area contributed by atoms with Crippen LogP contribution in [0.1, 0.15) is 50.4 Å². The van der Waals surface area contributed by atoms with Gasteiger partial charge < -0.3 is 20.3 Å². The fourth-order valence-electron chi connectivity index (χ4n) is 3.35. The van der Waals surface area contributed by atoms with Crippen molar-refractivity contribution in [1.82, 2.24) is 10.2 Å². The number of nitrogens with one attached hydrogen (secondary N) is 2. The SMILES string of the molecule is C#Cc1ccccc1C(C(=O)Nc1c(C)cccc1Cl)N(C)C(=O)C(C)NC(=O)OC(C)(C)C. The van der Waals surface area contributed by atoms with E-state index in [0.717, 1.165) is 5.56 Å². The predicted octanol–water partition coefficient (Wildman–Crippen LogP) is 4.68. The molecular formula is C26H30ClN3O4. The normalized spacial score (nSPS) is 12.6. The lowest BCUT2D eigenvalue weighted by Crippen LogP contribution is -2.49. The van der Waals surface area contributed by atoms with Gasteiger partial charge in [0.15, 0.2) is 0 Å². The Morgan fingerprint density at radius 1 is 1.12 bits per heavy atom. The van der Waals surface area contributed by atoms with Crippen molar-refractivity contribution >= 4 is 35.2 Å². The van der Waals surface area contributed by atoms with Gasteiger partial charge in [0.25, 0.3) is 5.91 Å². The number of aryl methyl sites for hydroxylation is 1. The molecule has 3 amide bonds. The van der Waals surface area contributed by atoms with E-state index in [1.807, 2.05) is 13.0 Å². The van der Waals surface area contributed by atoms with E-state index in [1.165, 1.54) is 18.9 Å². The Kier molecular flexibility index (Phi) is 8.72. The molecule has 0 aliphatic heterocycles. The van der Waals surface area contributed by atoms with Crippen LogP contribution >= 0.6 is 11.6 Å². The van der Waals surface area contributed by atoms with Crippen molar-refractivity contribution in [3.8, 4) is 12.3 Å². The fraction of sp³-hybridized carbons (Fsp3) is 0.346. The van der Waals surface area contributed by atoms with Crippen molar-refractivity contribution in [2.45, 2.75) is 52.3 Å². The van der Waals surface area contributed by atoms with Crippen LogP contribution in [0.25, 0.3) is 0 Å².